The normalized spacial score (nSPS) is 18.0. The fraction of sp³-hybridized carbons (Fsp3) is 0.235. The van der Waals surface area contributed by atoms with Crippen molar-refractivity contribution in [2.24, 2.45) is 4.99 Å². The number of rotatable bonds is 1. The molecule has 3 rings (SSSR count). The average Bonchev–Trinajstić information content (AvgIpc) is 2.49. The Morgan fingerprint density at radius 3 is 2.57 bits per heavy atom. The van der Waals surface area contributed by atoms with Gasteiger partial charge in [0.2, 0.25) is 0 Å². The lowest BCUT2D eigenvalue weighted by Gasteiger charge is -2.27. The number of aliphatic imine (C=N–C) groups is 1. The second kappa shape index (κ2) is 6.90. The van der Waals surface area contributed by atoms with Crippen LogP contribution in [-0.2, 0) is 0 Å². The molecule has 1 heterocycles. The Kier molecular flexibility index (Phi) is 5.07. The molecule has 120 valence electrons. The van der Waals surface area contributed by atoms with Gasteiger partial charge in [-0.1, -0.05) is 40.9 Å². The van der Waals surface area contributed by atoms with Crippen molar-refractivity contribution in [3.05, 3.63) is 62.6 Å². The van der Waals surface area contributed by atoms with Gasteiger partial charge in [-0.15, -0.1) is 11.6 Å². The fourth-order valence-electron chi connectivity index (χ4n) is 2.65. The minimum Gasteiger partial charge on any atom is -0.372 e. The highest BCUT2D eigenvalue weighted by Gasteiger charge is 2.21. The van der Waals surface area contributed by atoms with Crippen LogP contribution < -0.4 is 4.90 Å². The van der Waals surface area contributed by atoms with Crippen LogP contribution in [0.2, 0.25) is 15.1 Å². The highest BCUT2D eigenvalue weighted by Crippen LogP contribution is 2.31. The van der Waals surface area contributed by atoms with Crippen LogP contribution in [0, 0.1) is 0 Å². The molecule has 1 unspecified atom stereocenters. The quantitative estimate of drug-likeness (QED) is 0.586. The molecule has 0 spiro atoms. The zero-order valence-corrected chi connectivity index (χ0v) is 15.4. The van der Waals surface area contributed by atoms with E-state index in [4.69, 9.17) is 51.4 Å². The zero-order valence-electron chi connectivity index (χ0n) is 12.4. The summed E-state index contributed by atoms with van der Waals surface area (Å²) in [4.78, 5) is 6.84. The van der Waals surface area contributed by atoms with Crippen LogP contribution in [0.3, 0.4) is 0 Å². The summed E-state index contributed by atoms with van der Waals surface area (Å²) in [6.07, 6.45) is 0. The van der Waals surface area contributed by atoms with Gasteiger partial charge in [0.25, 0.3) is 0 Å². The monoisotopic (exact) mass is 386 g/mol. The lowest BCUT2D eigenvalue weighted by Crippen LogP contribution is -2.31. The van der Waals surface area contributed by atoms with Crippen LogP contribution >= 0.6 is 46.4 Å². The summed E-state index contributed by atoms with van der Waals surface area (Å²) in [5.74, 6) is 0. The Balaban J connectivity index is 2.20. The predicted molar refractivity (Wildman–Crippen MR) is 101 cm³/mol. The summed E-state index contributed by atoms with van der Waals surface area (Å²) in [5, 5.41) is 1.60. The molecule has 23 heavy (non-hydrogen) atoms. The summed E-state index contributed by atoms with van der Waals surface area (Å²) in [6.45, 7) is 1.24. The Labute approximate surface area is 155 Å². The first kappa shape index (κ1) is 16.9. The summed E-state index contributed by atoms with van der Waals surface area (Å²) in [5.41, 5.74) is 3.70. The van der Waals surface area contributed by atoms with Crippen molar-refractivity contribution in [2.45, 2.75) is 5.38 Å². The van der Waals surface area contributed by atoms with E-state index >= 15 is 0 Å². The van der Waals surface area contributed by atoms with Crippen LogP contribution in [-0.4, -0.2) is 31.2 Å². The van der Waals surface area contributed by atoms with E-state index in [9.17, 15) is 0 Å². The molecule has 1 aliphatic rings. The van der Waals surface area contributed by atoms with Gasteiger partial charge in [-0.3, -0.25) is 4.99 Å². The Hall–Kier alpha value is -0.930. The summed E-state index contributed by atoms with van der Waals surface area (Å²) in [7, 11) is 2.01. The van der Waals surface area contributed by atoms with Gasteiger partial charge in [0.15, 0.2) is 0 Å². The highest BCUT2D eigenvalue weighted by molar-refractivity contribution is 6.42. The van der Waals surface area contributed by atoms with Gasteiger partial charge < -0.3 is 4.90 Å². The van der Waals surface area contributed by atoms with Crippen LogP contribution in [0.1, 0.15) is 11.1 Å². The van der Waals surface area contributed by atoms with E-state index < -0.39 is 0 Å². The van der Waals surface area contributed by atoms with Crippen molar-refractivity contribution in [3.8, 4) is 0 Å². The van der Waals surface area contributed by atoms with Gasteiger partial charge in [0.1, 0.15) is 0 Å². The van der Waals surface area contributed by atoms with Crippen molar-refractivity contribution in [1.29, 1.82) is 0 Å². The zero-order chi connectivity index (χ0) is 16.6. The molecule has 0 aliphatic carbocycles. The molecule has 1 atom stereocenters. The van der Waals surface area contributed by atoms with E-state index in [2.05, 4.69) is 4.90 Å². The van der Waals surface area contributed by atoms with E-state index in [1.54, 1.807) is 6.07 Å². The molecule has 2 aromatic carbocycles. The van der Waals surface area contributed by atoms with Gasteiger partial charge in [-0.25, -0.2) is 0 Å². The van der Waals surface area contributed by atoms with Crippen LogP contribution in [0.4, 0.5) is 5.69 Å². The lowest BCUT2D eigenvalue weighted by atomic mass is 9.99. The molecule has 0 aromatic heterocycles. The summed E-state index contributed by atoms with van der Waals surface area (Å²) in [6, 6.07) is 11.3. The molecule has 0 radical (unpaired) electrons. The number of halogens is 4. The molecule has 0 amide bonds. The van der Waals surface area contributed by atoms with E-state index in [0.717, 1.165) is 22.5 Å². The van der Waals surface area contributed by atoms with Crippen molar-refractivity contribution < 1.29 is 0 Å². The maximum atomic E-state index is 6.37. The number of hydrogen-bond acceptors (Lipinski definition) is 2. The highest BCUT2D eigenvalue weighted by atomic mass is 35.5. The predicted octanol–water partition coefficient (Wildman–Crippen LogP) is 5.54. The topological polar surface area (TPSA) is 15.6 Å². The Bertz CT molecular complexity index is 773. The minimum atomic E-state index is -0.0680. The second-order valence-corrected chi connectivity index (χ2v) is 7.33. The van der Waals surface area contributed by atoms with Crippen LogP contribution in [0.15, 0.2) is 41.4 Å². The third-order valence-corrected chi connectivity index (χ3v) is 4.99. The maximum absolute atomic E-state index is 6.37. The molecular weight excluding hydrogens is 374 g/mol. The largest absolute Gasteiger partial charge is 0.372 e. The number of nitrogens with zero attached hydrogens (tertiary/aromatic N) is 2. The van der Waals surface area contributed by atoms with Crippen molar-refractivity contribution in [3.63, 3.8) is 0 Å². The molecule has 2 aromatic rings. The van der Waals surface area contributed by atoms with Gasteiger partial charge in [0.05, 0.1) is 27.7 Å². The number of hydrogen-bond donors (Lipinski definition) is 0. The van der Waals surface area contributed by atoms with Gasteiger partial charge >= 0.3 is 0 Å². The van der Waals surface area contributed by atoms with Gasteiger partial charge in [-0.2, -0.15) is 0 Å². The molecular formula is C17H14Cl4N2. The van der Waals surface area contributed by atoms with Gasteiger partial charge in [0, 0.05) is 35.4 Å². The molecule has 0 N–H and O–H groups in total. The first-order valence-corrected chi connectivity index (χ1v) is 8.67. The first-order chi connectivity index (χ1) is 11.0. The number of anilines is 1. The molecule has 0 saturated heterocycles. The van der Waals surface area contributed by atoms with Crippen molar-refractivity contribution in [1.82, 2.24) is 0 Å². The SMILES string of the molecule is CN1CC(Cl)CN=C(c2ccc(Cl)c(Cl)c2)c2cc(Cl)ccc21. The van der Waals surface area contributed by atoms with E-state index in [1.807, 2.05) is 37.4 Å². The van der Waals surface area contributed by atoms with E-state index in [0.29, 0.717) is 28.2 Å². The molecule has 0 saturated carbocycles. The molecule has 0 bridgehead atoms. The minimum absolute atomic E-state index is 0.0680. The fourth-order valence-corrected chi connectivity index (χ4v) is 3.40. The van der Waals surface area contributed by atoms with E-state index in [-0.39, 0.29) is 5.38 Å². The lowest BCUT2D eigenvalue weighted by molar-refractivity contribution is 0.798. The maximum Gasteiger partial charge on any atom is 0.0741 e. The number of fused-ring (bicyclic) bond motifs is 1. The average molecular weight is 388 g/mol. The Morgan fingerprint density at radius 1 is 1.04 bits per heavy atom. The van der Waals surface area contributed by atoms with Gasteiger partial charge in [-0.05, 0) is 30.3 Å². The number of benzene rings is 2. The smallest absolute Gasteiger partial charge is 0.0741 e. The number of alkyl halides is 1. The van der Waals surface area contributed by atoms with Crippen molar-refractivity contribution >= 4 is 57.8 Å². The summed E-state index contributed by atoms with van der Waals surface area (Å²) < 4.78 is 0. The third kappa shape index (κ3) is 3.61. The van der Waals surface area contributed by atoms with Crippen molar-refractivity contribution in [2.75, 3.05) is 25.0 Å². The Morgan fingerprint density at radius 2 is 1.83 bits per heavy atom. The first-order valence-electron chi connectivity index (χ1n) is 7.10. The van der Waals surface area contributed by atoms with E-state index in [1.165, 1.54) is 0 Å². The standard InChI is InChI=1S/C17H14Cl4N2/c1-23-9-12(19)8-22-17(10-2-4-14(20)15(21)6-10)13-7-11(18)3-5-16(13)23/h2-7,12H,8-9H2,1H3. The van der Waals surface area contributed by atoms with Crippen LogP contribution in [0.5, 0.6) is 0 Å². The molecule has 6 heteroatoms. The van der Waals surface area contributed by atoms with Crippen LogP contribution in [0.25, 0.3) is 0 Å². The molecule has 1 aliphatic heterocycles. The second-order valence-electron chi connectivity index (χ2n) is 5.46. The third-order valence-electron chi connectivity index (χ3n) is 3.74. The summed E-state index contributed by atoms with van der Waals surface area (Å²) >= 11 is 24.8. The molecule has 2 nitrogen and oxygen atoms in total. The molecule has 0 fully saturated rings.